The van der Waals surface area contributed by atoms with Crippen LogP contribution in [-0.2, 0) is 11.3 Å². The standard InChI is InChI=1S/C32H36F3N5O3/c1-20-14-23(17-31(3,4)16-20)40-28-12-11-25(42-19-29(41)37-18-27-21(2)6-5-13-36-27)15-26(28)39-30(40)38-22-7-9-24(10-8-22)43-32(33,34)35/h5-13,15,20,23H,14,16-19H2,1-4H3,(H,37,41)(H,38,39)/t20-,23+/m1/s1. The van der Waals surface area contributed by atoms with E-state index in [9.17, 15) is 18.0 Å². The highest BCUT2D eigenvalue weighted by atomic mass is 19.4. The molecule has 0 saturated heterocycles. The maximum absolute atomic E-state index is 12.6. The van der Waals surface area contributed by atoms with Crippen molar-refractivity contribution in [3.8, 4) is 11.5 Å². The van der Waals surface area contributed by atoms with E-state index in [1.165, 1.54) is 24.3 Å². The summed E-state index contributed by atoms with van der Waals surface area (Å²) in [5, 5.41) is 6.13. The van der Waals surface area contributed by atoms with E-state index in [1.807, 2.05) is 31.2 Å². The summed E-state index contributed by atoms with van der Waals surface area (Å²) in [6.07, 6.45) is -0.0274. The zero-order valence-corrected chi connectivity index (χ0v) is 24.7. The summed E-state index contributed by atoms with van der Waals surface area (Å²) in [7, 11) is 0. The third kappa shape index (κ3) is 7.77. The van der Waals surface area contributed by atoms with Crippen LogP contribution in [0.5, 0.6) is 11.5 Å². The lowest BCUT2D eigenvalue weighted by Gasteiger charge is -2.40. The third-order valence-corrected chi connectivity index (χ3v) is 7.67. The highest BCUT2D eigenvalue weighted by Crippen LogP contribution is 2.46. The van der Waals surface area contributed by atoms with Crippen molar-refractivity contribution in [2.45, 2.75) is 65.9 Å². The smallest absolute Gasteiger partial charge is 0.484 e. The predicted molar refractivity (Wildman–Crippen MR) is 158 cm³/mol. The Bertz CT molecular complexity index is 1580. The number of aryl methyl sites for hydroxylation is 1. The second-order valence-corrected chi connectivity index (χ2v) is 12.1. The lowest BCUT2D eigenvalue weighted by Crippen LogP contribution is -2.29. The van der Waals surface area contributed by atoms with Gasteiger partial charge in [-0.15, -0.1) is 13.2 Å². The fourth-order valence-corrected chi connectivity index (χ4v) is 6.07. The normalized spacial score (nSPS) is 18.3. The number of carbonyl (C=O) groups is 1. The van der Waals surface area contributed by atoms with Crippen LogP contribution in [-0.4, -0.2) is 33.4 Å². The van der Waals surface area contributed by atoms with Crippen molar-refractivity contribution in [1.82, 2.24) is 19.9 Å². The summed E-state index contributed by atoms with van der Waals surface area (Å²) in [5.74, 6) is 1.02. The van der Waals surface area contributed by atoms with Crippen LogP contribution < -0.4 is 20.1 Å². The molecule has 5 rings (SSSR count). The van der Waals surface area contributed by atoms with Crippen LogP contribution >= 0.6 is 0 Å². The van der Waals surface area contributed by atoms with Gasteiger partial charge in [-0.3, -0.25) is 9.78 Å². The third-order valence-electron chi connectivity index (χ3n) is 7.67. The molecule has 0 radical (unpaired) electrons. The number of imidazole rings is 1. The number of nitrogens with zero attached hydrogens (tertiary/aromatic N) is 3. The van der Waals surface area contributed by atoms with Crippen molar-refractivity contribution < 1.29 is 27.4 Å². The quantitative estimate of drug-likeness (QED) is 0.209. The van der Waals surface area contributed by atoms with Crippen LogP contribution in [0.1, 0.15) is 57.3 Å². The molecule has 1 amide bonds. The highest BCUT2D eigenvalue weighted by molar-refractivity contribution is 5.82. The van der Waals surface area contributed by atoms with Gasteiger partial charge in [-0.1, -0.05) is 26.8 Å². The number of aromatic nitrogens is 3. The summed E-state index contributed by atoms with van der Waals surface area (Å²) < 4.78 is 49.9. The van der Waals surface area contributed by atoms with Crippen LogP contribution in [0.3, 0.4) is 0 Å². The Morgan fingerprint density at radius 1 is 1.09 bits per heavy atom. The van der Waals surface area contributed by atoms with Gasteiger partial charge in [-0.25, -0.2) is 4.98 Å². The number of alkyl halides is 3. The molecule has 2 aromatic heterocycles. The van der Waals surface area contributed by atoms with Gasteiger partial charge in [-0.05, 0) is 85.5 Å². The van der Waals surface area contributed by atoms with Crippen molar-refractivity contribution in [2.75, 3.05) is 11.9 Å². The molecule has 1 aliphatic rings. The number of pyridine rings is 1. The van der Waals surface area contributed by atoms with E-state index >= 15 is 0 Å². The average molecular weight is 596 g/mol. The first kappa shape index (κ1) is 30.2. The van der Waals surface area contributed by atoms with Gasteiger partial charge in [-0.2, -0.15) is 0 Å². The molecule has 1 aliphatic carbocycles. The second kappa shape index (κ2) is 12.1. The molecule has 0 bridgehead atoms. The van der Waals surface area contributed by atoms with Crippen molar-refractivity contribution in [3.05, 3.63) is 72.1 Å². The minimum Gasteiger partial charge on any atom is -0.484 e. The zero-order chi connectivity index (χ0) is 30.8. The van der Waals surface area contributed by atoms with Gasteiger partial charge < -0.3 is 24.7 Å². The van der Waals surface area contributed by atoms with E-state index < -0.39 is 6.36 Å². The van der Waals surface area contributed by atoms with Crippen molar-refractivity contribution in [3.63, 3.8) is 0 Å². The monoisotopic (exact) mass is 595 g/mol. The van der Waals surface area contributed by atoms with Crippen LogP contribution in [0.2, 0.25) is 0 Å². The summed E-state index contributed by atoms with van der Waals surface area (Å²) in [5.41, 5.74) is 4.08. The predicted octanol–water partition coefficient (Wildman–Crippen LogP) is 7.46. The number of ether oxygens (including phenoxy) is 2. The summed E-state index contributed by atoms with van der Waals surface area (Å²) in [6.45, 7) is 8.89. The number of carbonyl (C=O) groups excluding carboxylic acids is 1. The van der Waals surface area contributed by atoms with Gasteiger partial charge in [0.05, 0.1) is 23.3 Å². The topological polar surface area (TPSA) is 90.3 Å². The van der Waals surface area contributed by atoms with Gasteiger partial charge in [0.25, 0.3) is 5.91 Å². The molecular formula is C32H36F3N5O3. The molecule has 1 saturated carbocycles. The Hall–Kier alpha value is -4.28. The van der Waals surface area contributed by atoms with Crippen LogP contribution in [0.15, 0.2) is 60.8 Å². The fourth-order valence-electron chi connectivity index (χ4n) is 6.07. The molecule has 0 aliphatic heterocycles. The number of benzene rings is 2. The van der Waals surface area contributed by atoms with Crippen molar-refractivity contribution in [1.29, 1.82) is 0 Å². The molecule has 2 N–H and O–H groups in total. The van der Waals surface area contributed by atoms with Crippen molar-refractivity contribution >= 4 is 28.6 Å². The molecule has 11 heteroatoms. The lowest BCUT2D eigenvalue weighted by molar-refractivity contribution is -0.274. The van der Waals surface area contributed by atoms with Gasteiger partial charge in [0.1, 0.15) is 11.5 Å². The first-order valence-electron chi connectivity index (χ1n) is 14.3. The summed E-state index contributed by atoms with van der Waals surface area (Å²) in [4.78, 5) is 21.6. The second-order valence-electron chi connectivity index (χ2n) is 12.1. The van der Waals surface area contributed by atoms with E-state index in [0.29, 0.717) is 35.4 Å². The SMILES string of the molecule is Cc1cccnc1CNC(=O)COc1ccc2c(c1)nc(Nc1ccc(OC(F)(F)F)cc1)n2[C@H]1C[C@@H](C)CC(C)(C)C1. The van der Waals surface area contributed by atoms with Crippen LogP contribution in [0, 0.1) is 18.3 Å². The number of rotatable bonds is 9. The maximum atomic E-state index is 12.6. The van der Waals surface area contributed by atoms with Gasteiger partial charge in [0, 0.05) is 24.0 Å². The molecule has 1 fully saturated rings. The molecule has 43 heavy (non-hydrogen) atoms. The van der Waals surface area contributed by atoms with Gasteiger partial charge in [0.15, 0.2) is 6.61 Å². The van der Waals surface area contributed by atoms with Crippen molar-refractivity contribution in [2.24, 2.45) is 11.3 Å². The van der Waals surface area contributed by atoms with E-state index in [1.54, 1.807) is 12.3 Å². The Morgan fingerprint density at radius 3 is 2.53 bits per heavy atom. The van der Waals surface area contributed by atoms with Gasteiger partial charge >= 0.3 is 6.36 Å². The Labute approximate surface area is 248 Å². The molecule has 2 heterocycles. The van der Waals surface area contributed by atoms with Crippen LogP contribution in [0.25, 0.3) is 11.0 Å². The maximum Gasteiger partial charge on any atom is 0.573 e. The lowest BCUT2D eigenvalue weighted by atomic mass is 9.70. The van der Waals surface area contributed by atoms with Crippen LogP contribution in [0.4, 0.5) is 24.8 Å². The zero-order valence-electron chi connectivity index (χ0n) is 24.7. The number of anilines is 2. The fraction of sp³-hybridized carbons (Fsp3) is 0.406. The minimum atomic E-state index is -4.76. The van der Waals surface area contributed by atoms with E-state index in [2.05, 4.69) is 45.7 Å². The molecule has 228 valence electrons. The van der Waals surface area contributed by atoms with E-state index in [0.717, 1.165) is 36.0 Å². The van der Waals surface area contributed by atoms with E-state index in [4.69, 9.17) is 9.72 Å². The molecule has 0 spiro atoms. The molecule has 2 aromatic carbocycles. The number of halogens is 3. The molecule has 8 nitrogen and oxygen atoms in total. The summed E-state index contributed by atoms with van der Waals surface area (Å²) >= 11 is 0. The molecular weight excluding hydrogens is 559 g/mol. The molecule has 4 aromatic rings. The first-order valence-corrected chi connectivity index (χ1v) is 14.3. The number of hydrogen-bond acceptors (Lipinski definition) is 6. The molecule has 0 unspecified atom stereocenters. The largest absolute Gasteiger partial charge is 0.573 e. The Morgan fingerprint density at radius 2 is 1.84 bits per heavy atom. The average Bonchev–Trinajstić information content (AvgIpc) is 3.27. The first-order chi connectivity index (χ1) is 20.3. The minimum absolute atomic E-state index is 0.136. The number of fused-ring (bicyclic) bond motifs is 1. The Kier molecular flexibility index (Phi) is 8.52. The molecule has 2 atom stereocenters. The number of nitrogens with one attached hydrogen (secondary N) is 2. The summed E-state index contributed by atoms with van der Waals surface area (Å²) in [6, 6.07) is 15.1. The number of hydrogen-bond donors (Lipinski definition) is 2. The highest BCUT2D eigenvalue weighted by Gasteiger charge is 2.35. The van der Waals surface area contributed by atoms with Gasteiger partial charge in [0.2, 0.25) is 5.95 Å². The van der Waals surface area contributed by atoms with E-state index in [-0.39, 0.29) is 29.7 Å². The number of amides is 1. The Balaban J connectivity index is 1.36.